The maximum absolute atomic E-state index is 12.3. The van der Waals surface area contributed by atoms with Gasteiger partial charge >= 0.3 is 5.97 Å². The Bertz CT molecular complexity index is 631. The molecule has 0 bridgehead atoms. The molecular weight excluding hydrogens is 296 g/mol. The Morgan fingerprint density at radius 1 is 1.35 bits per heavy atom. The second-order valence-electron chi connectivity index (χ2n) is 5.94. The zero-order chi connectivity index (χ0) is 16.6. The molecule has 0 aromatic heterocycles. The molecule has 3 atom stereocenters. The summed E-state index contributed by atoms with van der Waals surface area (Å²) in [6.45, 7) is 2.52. The lowest BCUT2D eigenvalue weighted by atomic mass is 9.82. The van der Waals surface area contributed by atoms with Crippen LogP contribution in [0.2, 0.25) is 0 Å². The Morgan fingerprint density at radius 3 is 2.78 bits per heavy atom. The van der Waals surface area contributed by atoms with Crippen LogP contribution in [0.4, 0.5) is 5.69 Å². The minimum atomic E-state index is -0.430. The van der Waals surface area contributed by atoms with Gasteiger partial charge in [0.15, 0.2) is 0 Å². The Balaban J connectivity index is 2.06. The molecule has 1 fully saturated rings. The van der Waals surface area contributed by atoms with Crippen molar-refractivity contribution >= 4 is 17.6 Å². The molecule has 0 spiro atoms. The van der Waals surface area contributed by atoms with Crippen LogP contribution in [-0.4, -0.2) is 43.6 Å². The van der Waals surface area contributed by atoms with E-state index in [1.807, 2.05) is 30.0 Å². The number of carbonyl (C=O) groups excluding carboxylic acids is 2. The fourth-order valence-electron chi connectivity index (χ4n) is 3.73. The fraction of sp³-hybridized carbons (Fsp3) is 0.529. The molecule has 1 saturated heterocycles. The van der Waals surface area contributed by atoms with Crippen molar-refractivity contribution in [1.82, 2.24) is 4.90 Å². The number of nitrogens with zero attached hydrogens (tertiary/aromatic N) is 1. The number of hydrogen-bond donors (Lipinski definition) is 1. The van der Waals surface area contributed by atoms with Gasteiger partial charge in [-0.2, -0.15) is 0 Å². The van der Waals surface area contributed by atoms with E-state index in [1.165, 1.54) is 7.11 Å². The lowest BCUT2D eigenvalue weighted by molar-refractivity contribution is -0.144. The molecule has 0 aliphatic carbocycles. The topological polar surface area (TPSA) is 67.9 Å². The summed E-state index contributed by atoms with van der Waals surface area (Å²) in [5.74, 6) is 0.582. The van der Waals surface area contributed by atoms with E-state index < -0.39 is 6.04 Å². The molecule has 2 aliphatic rings. The van der Waals surface area contributed by atoms with Crippen molar-refractivity contribution in [3.63, 3.8) is 0 Å². The van der Waals surface area contributed by atoms with Crippen LogP contribution >= 0.6 is 0 Å². The SMILES string of the molecule is CCC(=O)N1CC[C@H]2[C@@H](C(=O)OC)Nc3ccc(OC)cc3[C@H]21. The van der Waals surface area contributed by atoms with Crippen molar-refractivity contribution in [3.8, 4) is 5.75 Å². The molecule has 3 rings (SSSR count). The number of likely N-dealkylation sites (tertiary alicyclic amines) is 1. The first-order valence-electron chi connectivity index (χ1n) is 7.92. The second-order valence-corrected chi connectivity index (χ2v) is 5.94. The van der Waals surface area contributed by atoms with Gasteiger partial charge < -0.3 is 19.7 Å². The number of fused-ring (bicyclic) bond motifs is 3. The summed E-state index contributed by atoms with van der Waals surface area (Å²) in [7, 11) is 3.02. The first-order valence-corrected chi connectivity index (χ1v) is 7.92. The van der Waals surface area contributed by atoms with Crippen molar-refractivity contribution in [3.05, 3.63) is 23.8 Å². The van der Waals surface area contributed by atoms with Crippen molar-refractivity contribution in [1.29, 1.82) is 0 Å². The predicted molar refractivity (Wildman–Crippen MR) is 85.3 cm³/mol. The van der Waals surface area contributed by atoms with Crippen LogP contribution in [0.3, 0.4) is 0 Å². The van der Waals surface area contributed by atoms with Gasteiger partial charge in [-0.25, -0.2) is 4.79 Å². The predicted octanol–water partition coefficient (Wildman–Crippen LogP) is 1.96. The van der Waals surface area contributed by atoms with Crippen molar-refractivity contribution < 1.29 is 19.1 Å². The van der Waals surface area contributed by atoms with Crippen LogP contribution in [0.25, 0.3) is 0 Å². The zero-order valence-corrected chi connectivity index (χ0v) is 13.7. The first-order chi connectivity index (χ1) is 11.1. The lowest BCUT2D eigenvalue weighted by Crippen LogP contribution is -2.45. The van der Waals surface area contributed by atoms with Crippen LogP contribution in [0.1, 0.15) is 31.4 Å². The average Bonchev–Trinajstić information content (AvgIpc) is 3.04. The molecule has 2 heterocycles. The Labute approximate surface area is 135 Å². The monoisotopic (exact) mass is 318 g/mol. The van der Waals surface area contributed by atoms with Crippen molar-refractivity contribution in [2.75, 3.05) is 26.1 Å². The van der Waals surface area contributed by atoms with Crippen LogP contribution in [0.15, 0.2) is 18.2 Å². The normalized spacial score (nSPS) is 25.2. The maximum Gasteiger partial charge on any atom is 0.328 e. The molecule has 1 aromatic carbocycles. The summed E-state index contributed by atoms with van der Waals surface area (Å²) in [4.78, 5) is 26.4. The number of nitrogens with one attached hydrogen (secondary N) is 1. The van der Waals surface area contributed by atoms with Gasteiger partial charge in [0.1, 0.15) is 11.8 Å². The number of carbonyl (C=O) groups is 2. The van der Waals surface area contributed by atoms with Gasteiger partial charge in [-0.3, -0.25) is 4.79 Å². The molecular formula is C17H22N2O4. The van der Waals surface area contributed by atoms with Gasteiger partial charge in [0.2, 0.25) is 5.91 Å². The van der Waals surface area contributed by atoms with Crippen LogP contribution in [0, 0.1) is 5.92 Å². The number of anilines is 1. The third kappa shape index (κ3) is 2.52. The molecule has 0 unspecified atom stereocenters. The summed E-state index contributed by atoms with van der Waals surface area (Å²) < 4.78 is 10.3. The van der Waals surface area contributed by atoms with Gasteiger partial charge in [-0.1, -0.05) is 6.92 Å². The van der Waals surface area contributed by atoms with E-state index in [4.69, 9.17) is 9.47 Å². The quantitative estimate of drug-likeness (QED) is 0.863. The van der Waals surface area contributed by atoms with Crippen molar-refractivity contribution in [2.45, 2.75) is 31.8 Å². The maximum atomic E-state index is 12.3. The Hall–Kier alpha value is -2.24. The van der Waals surface area contributed by atoms with Crippen LogP contribution in [0.5, 0.6) is 5.75 Å². The fourth-order valence-corrected chi connectivity index (χ4v) is 3.73. The minimum absolute atomic E-state index is 0.0116. The van der Waals surface area contributed by atoms with E-state index in [-0.39, 0.29) is 23.8 Å². The molecule has 23 heavy (non-hydrogen) atoms. The highest BCUT2D eigenvalue weighted by Crippen LogP contribution is 2.47. The third-order valence-corrected chi connectivity index (χ3v) is 4.84. The lowest BCUT2D eigenvalue weighted by Gasteiger charge is -2.38. The molecule has 0 radical (unpaired) electrons. The highest BCUT2D eigenvalue weighted by Gasteiger charge is 2.48. The number of ether oxygens (including phenoxy) is 2. The summed E-state index contributed by atoms with van der Waals surface area (Å²) in [5, 5.41) is 3.28. The van der Waals surface area contributed by atoms with Gasteiger partial charge in [-0.15, -0.1) is 0 Å². The first kappa shape index (κ1) is 15.6. The van der Waals surface area contributed by atoms with E-state index in [2.05, 4.69) is 5.32 Å². The highest BCUT2D eigenvalue weighted by atomic mass is 16.5. The Morgan fingerprint density at radius 2 is 2.13 bits per heavy atom. The van der Waals surface area contributed by atoms with Gasteiger partial charge in [0.05, 0.1) is 20.3 Å². The van der Waals surface area contributed by atoms with Gasteiger partial charge in [-0.05, 0) is 24.6 Å². The molecule has 6 nitrogen and oxygen atoms in total. The second kappa shape index (κ2) is 6.10. The Kier molecular flexibility index (Phi) is 4.15. The van der Waals surface area contributed by atoms with E-state index in [1.54, 1.807) is 7.11 Å². The summed E-state index contributed by atoms with van der Waals surface area (Å²) in [5.41, 5.74) is 1.87. The number of rotatable bonds is 3. The van der Waals surface area contributed by atoms with Gasteiger partial charge in [0, 0.05) is 30.1 Å². The van der Waals surface area contributed by atoms with Gasteiger partial charge in [0.25, 0.3) is 0 Å². The van der Waals surface area contributed by atoms with E-state index in [0.717, 1.165) is 23.4 Å². The standard InChI is InChI=1S/C17H22N2O4/c1-4-14(20)19-8-7-11-15(17(21)23-3)18-13-6-5-10(22-2)9-12(13)16(11)19/h5-6,9,11,15-16,18H,4,7-8H2,1-3H3/t11-,15-,16-/m0/s1. The molecule has 6 heteroatoms. The van der Waals surface area contributed by atoms with Crippen molar-refractivity contribution in [2.24, 2.45) is 5.92 Å². The summed E-state index contributed by atoms with van der Waals surface area (Å²) in [6, 6.07) is 5.15. The molecule has 2 aliphatic heterocycles. The molecule has 1 aromatic rings. The van der Waals surface area contributed by atoms with E-state index >= 15 is 0 Å². The molecule has 0 saturated carbocycles. The molecule has 124 valence electrons. The smallest absolute Gasteiger partial charge is 0.328 e. The van der Waals surface area contributed by atoms with Crippen LogP contribution in [-0.2, 0) is 14.3 Å². The highest BCUT2D eigenvalue weighted by molar-refractivity contribution is 5.83. The average molecular weight is 318 g/mol. The summed E-state index contributed by atoms with van der Waals surface area (Å²) in [6.07, 6.45) is 1.23. The molecule has 1 N–H and O–H groups in total. The number of hydrogen-bond acceptors (Lipinski definition) is 5. The number of methoxy groups -OCH3 is 2. The number of esters is 1. The number of amides is 1. The molecule has 1 amide bonds. The third-order valence-electron chi connectivity index (χ3n) is 4.84. The number of benzene rings is 1. The largest absolute Gasteiger partial charge is 0.497 e. The minimum Gasteiger partial charge on any atom is -0.497 e. The van der Waals surface area contributed by atoms with E-state index in [9.17, 15) is 9.59 Å². The van der Waals surface area contributed by atoms with E-state index in [0.29, 0.717) is 13.0 Å². The van der Waals surface area contributed by atoms with Crippen LogP contribution < -0.4 is 10.1 Å². The summed E-state index contributed by atoms with van der Waals surface area (Å²) >= 11 is 0. The zero-order valence-electron chi connectivity index (χ0n) is 13.7.